The summed E-state index contributed by atoms with van der Waals surface area (Å²) < 4.78 is 0. The Hall–Kier alpha value is -2.06. The Labute approximate surface area is 165 Å². The first-order valence-electron chi connectivity index (χ1n) is 9.39. The number of hydrogen-bond acceptors (Lipinski definition) is 3. The smallest absolute Gasteiger partial charge is 0.304 e. The summed E-state index contributed by atoms with van der Waals surface area (Å²) in [4.78, 5) is 26.3. The minimum Gasteiger partial charge on any atom is -0.481 e. The van der Waals surface area contributed by atoms with Crippen molar-refractivity contribution in [3.63, 3.8) is 0 Å². The van der Waals surface area contributed by atoms with Crippen molar-refractivity contribution < 1.29 is 14.7 Å². The van der Waals surface area contributed by atoms with Crippen LogP contribution in [-0.2, 0) is 9.59 Å². The summed E-state index contributed by atoms with van der Waals surface area (Å²) in [5.74, 6) is -1.59. The first-order valence-corrected chi connectivity index (χ1v) is 9.77. The van der Waals surface area contributed by atoms with Crippen molar-refractivity contribution in [1.29, 1.82) is 5.26 Å². The molecule has 3 atom stereocenters. The number of halogens is 1. The van der Waals surface area contributed by atoms with Crippen LogP contribution < -0.4 is 0 Å². The minimum atomic E-state index is -0.955. The molecule has 0 bridgehead atoms. The van der Waals surface area contributed by atoms with Crippen LogP contribution in [0.1, 0.15) is 64.5 Å². The highest BCUT2D eigenvalue weighted by molar-refractivity contribution is 6.30. The van der Waals surface area contributed by atoms with E-state index in [1.807, 2.05) is 49.9 Å². The van der Waals surface area contributed by atoms with Gasteiger partial charge < -0.3 is 10.0 Å². The van der Waals surface area contributed by atoms with Gasteiger partial charge in [-0.25, -0.2) is 0 Å². The molecule has 1 saturated heterocycles. The largest absolute Gasteiger partial charge is 0.481 e. The molecule has 0 aromatic heterocycles. The minimum absolute atomic E-state index is 0.121. The second-order valence-electron chi connectivity index (χ2n) is 7.95. The van der Waals surface area contributed by atoms with E-state index in [4.69, 9.17) is 11.6 Å². The number of aliphatic carboxylic acids is 1. The fourth-order valence-electron chi connectivity index (χ4n) is 3.91. The zero-order chi connectivity index (χ0) is 20.2. The number of nitrogens with zero attached hydrogens (tertiary/aromatic N) is 2. The van der Waals surface area contributed by atoms with Gasteiger partial charge in [-0.15, -0.1) is 0 Å². The van der Waals surface area contributed by atoms with Gasteiger partial charge in [-0.05, 0) is 57.2 Å². The molecule has 0 saturated carbocycles. The van der Waals surface area contributed by atoms with Crippen molar-refractivity contribution in [2.75, 3.05) is 0 Å². The topological polar surface area (TPSA) is 81.4 Å². The van der Waals surface area contributed by atoms with Gasteiger partial charge in [0.15, 0.2) is 0 Å². The predicted octanol–water partition coefficient (Wildman–Crippen LogP) is 4.81. The lowest BCUT2D eigenvalue weighted by atomic mass is 9.81. The molecule has 1 fully saturated rings. The summed E-state index contributed by atoms with van der Waals surface area (Å²) in [6.45, 7) is 5.75. The molecule has 1 aromatic rings. The number of benzene rings is 1. The van der Waals surface area contributed by atoms with Gasteiger partial charge in [-0.2, -0.15) is 5.26 Å². The molecule has 3 unspecified atom stereocenters. The summed E-state index contributed by atoms with van der Waals surface area (Å²) in [5.41, 5.74) is 0.431. The molecule has 1 amide bonds. The van der Waals surface area contributed by atoms with E-state index in [1.54, 1.807) is 0 Å². The van der Waals surface area contributed by atoms with Crippen molar-refractivity contribution in [2.24, 2.45) is 11.3 Å². The number of likely N-dealkylation sites (tertiary alicyclic amines) is 1. The lowest BCUT2D eigenvalue weighted by Gasteiger charge is -2.45. The zero-order valence-electron chi connectivity index (χ0n) is 16.1. The number of carboxylic acids is 1. The summed E-state index contributed by atoms with van der Waals surface area (Å²) in [6.07, 6.45) is 2.36. The normalized spacial score (nSPS) is 21.6. The van der Waals surface area contributed by atoms with E-state index < -0.39 is 17.3 Å². The monoisotopic (exact) mass is 390 g/mol. The molecule has 1 heterocycles. The Bertz CT molecular complexity index is 724. The maximum atomic E-state index is 13.2. The molecular formula is C21H27ClN2O3. The van der Waals surface area contributed by atoms with Gasteiger partial charge in [-0.3, -0.25) is 9.59 Å². The van der Waals surface area contributed by atoms with Crippen LogP contribution in [0.4, 0.5) is 0 Å². The molecule has 27 heavy (non-hydrogen) atoms. The van der Waals surface area contributed by atoms with Gasteiger partial charge >= 0.3 is 5.97 Å². The van der Waals surface area contributed by atoms with Crippen molar-refractivity contribution in [2.45, 2.75) is 65.0 Å². The van der Waals surface area contributed by atoms with E-state index in [2.05, 4.69) is 6.07 Å². The molecule has 0 aliphatic carbocycles. The fourth-order valence-corrected chi connectivity index (χ4v) is 4.03. The fraction of sp³-hybridized carbons (Fsp3) is 0.571. The second kappa shape index (κ2) is 8.75. The molecule has 1 aliphatic rings. The van der Waals surface area contributed by atoms with Gasteiger partial charge in [0.2, 0.25) is 5.91 Å². The highest BCUT2D eigenvalue weighted by atomic mass is 35.5. The first-order chi connectivity index (χ1) is 12.7. The number of rotatable bonds is 7. The average Bonchev–Trinajstić information content (AvgIpc) is 2.62. The third-order valence-electron chi connectivity index (χ3n) is 5.32. The van der Waals surface area contributed by atoms with E-state index in [1.165, 1.54) is 0 Å². The number of carbonyl (C=O) groups excluding carboxylic acids is 1. The Morgan fingerprint density at radius 1 is 1.37 bits per heavy atom. The molecule has 6 heteroatoms. The molecule has 1 aliphatic heterocycles. The molecule has 0 spiro atoms. The first kappa shape index (κ1) is 21.2. The molecule has 2 rings (SSSR count). The van der Waals surface area contributed by atoms with Gasteiger partial charge in [0.1, 0.15) is 0 Å². The molecule has 1 N–H and O–H groups in total. The number of hydrogen-bond donors (Lipinski definition) is 1. The molecule has 1 aromatic carbocycles. The molecule has 0 radical (unpaired) electrons. The lowest BCUT2D eigenvalue weighted by Crippen LogP contribution is -2.50. The number of amides is 1. The Balaban J connectivity index is 2.39. The SMILES string of the molecule is CCC(CC(C)(C)C#N)N1C(=O)C(CC(=O)O)CCC1c1ccc(Cl)cc1. The molecule has 146 valence electrons. The van der Waals surface area contributed by atoms with Gasteiger partial charge in [0.05, 0.1) is 23.9 Å². The summed E-state index contributed by atoms with van der Waals surface area (Å²) >= 11 is 6.01. The maximum Gasteiger partial charge on any atom is 0.304 e. The molecular weight excluding hydrogens is 364 g/mol. The quantitative estimate of drug-likeness (QED) is 0.724. The third-order valence-corrected chi connectivity index (χ3v) is 5.57. The van der Waals surface area contributed by atoms with Crippen LogP contribution in [0, 0.1) is 22.7 Å². The van der Waals surface area contributed by atoms with Crippen LogP contribution in [0.3, 0.4) is 0 Å². The van der Waals surface area contributed by atoms with Crippen LogP contribution in [0.5, 0.6) is 0 Å². The number of carbonyl (C=O) groups is 2. The highest BCUT2D eigenvalue weighted by Gasteiger charge is 2.41. The zero-order valence-corrected chi connectivity index (χ0v) is 16.9. The van der Waals surface area contributed by atoms with Crippen LogP contribution in [0.25, 0.3) is 0 Å². The second-order valence-corrected chi connectivity index (χ2v) is 8.38. The van der Waals surface area contributed by atoms with E-state index in [0.29, 0.717) is 30.7 Å². The van der Waals surface area contributed by atoms with Crippen molar-refractivity contribution >= 4 is 23.5 Å². The van der Waals surface area contributed by atoms with Gasteiger partial charge in [0, 0.05) is 17.0 Å². The van der Waals surface area contributed by atoms with Gasteiger partial charge in [-0.1, -0.05) is 30.7 Å². The van der Waals surface area contributed by atoms with Gasteiger partial charge in [0.25, 0.3) is 0 Å². The van der Waals surface area contributed by atoms with Crippen LogP contribution in [0.2, 0.25) is 5.02 Å². The number of nitriles is 1. The van der Waals surface area contributed by atoms with E-state index in [9.17, 15) is 20.0 Å². The summed E-state index contributed by atoms with van der Waals surface area (Å²) in [7, 11) is 0. The predicted molar refractivity (Wildman–Crippen MR) is 104 cm³/mol. The lowest BCUT2D eigenvalue weighted by molar-refractivity contribution is -0.151. The number of carboxylic acid groups (broad SMARTS) is 1. The Morgan fingerprint density at radius 2 is 2.00 bits per heavy atom. The van der Waals surface area contributed by atoms with Crippen LogP contribution in [0.15, 0.2) is 24.3 Å². The van der Waals surface area contributed by atoms with E-state index in [-0.39, 0.29) is 24.4 Å². The van der Waals surface area contributed by atoms with Crippen molar-refractivity contribution in [1.82, 2.24) is 4.90 Å². The average molecular weight is 391 g/mol. The number of piperidine rings is 1. The van der Waals surface area contributed by atoms with Crippen LogP contribution in [-0.4, -0.2) is 27.9 Å². The molecule has 5 nitrogen and oxygen atoms in total. The van der Waals surface area contributed by atoms with Crippen molar-refractivity contribution in [3.8, 4) is 6.07 Å². The van der Waals surface area contributed by atoms with Crippen molar-refractivity contribution in [3.05, 3.63) is 34.9 Å². The third kappa shape index (κ3) is 5.23. The summed E-state index contributed by atoms with van der Waals surface area (Å²) in [5, 5.41) is 19.2. The highest BCUT2D eigenvalue weighted by Crippen LogP contribution is 2.40. The Morgan fingerprint density at radius 3 is 2.52 bits per heavy atom. The van der Waals surface area contributed by atoms with E-state index >= 15 is 0 Å². The standard InChI is InChI=1S/C21H27ClN2O3/c1-4-17(12-21(2,3)13-23)24-18(14-5-8-16(22)9-6-14)10-7-15(20(24)27)11-19(25)26/h5-6,8-9,15,17-18H,4,7,10-12H2,1-3H3,(H,25,26). The summed E-state index contributed by atoms with van der Waals surface area (Å²) in [6, 6.07) is 9.53. The maximum absolute atomic E-state index is 13.2. The van der Waals surface area contributed by atoms with E-state index in [0.717, 1.165) is 5.56 Å². The Kier molecular flexibility index (Phi) is 6.89. The van der Waals surface area contributed by atoms with Crippen LogP contribution >= 0.6 is 11.6 Å².